The molecule has 0 aliphatic carbocycles. The first-order valence-electron chi connectivity index (χ1n) is 17.2. The van der Waals surface area contributed by atoms with E-state index in [9.17, 15) is 0 Å². The Balaban J connectivity index is 3.43. The Hall–Kier alpha value is 0.218. The smallest absolute Gasteiger partial charge is 0.0912 e. The van der Waals surface area contributed by atoms with Crippen LogP contribution in [-0.4, -0.2) is 57.2 Å². The topological polar surface area (TPSA) is 0 Å². The number of rotatable bonds is 10. The maximum Gasteiger partial charge on any atom is 0.143 e. The number of hydrogen-bond donors (Lipinski definition) is 0. The lowest BCUT2D eigenvalue weighted by Crippen LogP contribution is -2.55. The summed E-state index contributed by atoms with van der Waals surface area (Å²) < 4.78 is 0. The van der Waals surface area contributed by atoms with Crippen molar-refractivity contribution in [2.24, 2.45) is 5.41 Å². The van der Waals surface area contributed by atoms with Crippen molar-refractivity contribution in [3.05, 3.63) is 51.9 Å². The van der Waals surface area contributed by atoms with Gasteiger partial charge >= 0.3 is 0 Å². The predicted octanol–water partition coefficient (Wildman–Crippen LogP) is 11.9. The Morgan fingerprint density at radius 1 is 0.535 bits per heavy atom. The monoisotopic (exact) mass is 701 g/mol. The van der Waals surface area contributed by atoms with Gasteiger partial charge in [0.15, 0.2) is 0 Å². The first-order valence-corrected chi connectivity index (χ1v) is 40.3. The zero-order valence-corrected chi connectivity index (χ0v) is 39.8. The molecule has 7 heteroatoms. The van der Waals surface area contributed by atoms with E-state index in [2.05, 4.69) is 169 Å². The van der Waals surface area contributed by atoms with Gasteiger partial charge in [-0.1, -0.05) is 174 Å². The molecule has 0 aromatic heterocycles. The van der Waals surface area contributed by atoms with Crippen molar-refractivity contribution in [1.29, 1.82) is 0 Å². The van der Waals surface area contributed by atoms with Crippen LogP contribution in [0.3, 0.4) is 0 Å². The number of benzene rings is 1. The molecular weight excluding hydrogens is 629 g/mol. The first kappa shape index (κ1) is 39.4. The van der Waals surface area contributed by atoms with Crippen molar-refractivity contribution >= 4 is 62.4 Å². The van der Waals surface area contributed by atoms with E-state index in [4.69, 9.17) is 0 Å². The Morgan fingerprint density at radius 2 is 0.860 bits per heavy atom. The molecule has 245 valence electrons. The summed E-state index contributed by atoms with van der Waals surface area (Å²) in [6, 6.07) is 5.82. The molecule has 0 saturated heterocycles. The molecule has 0 amide bonds. The Bertz CT molecular complexity index is 1100. The first-order chi connectivity index (χ1) is 18.8. The molecule has 1 heterocycles. The van der Waals surface area contributed by atoms with E-state index in [0.717, 1.165) is 21.9 Å². The summed E-state index contributed by atoms with van der Waals surface area (Å²) in [5.74, 6) is 0. The van der Waals surface area contributed by atoms with E-state index in [0.29, 0.717) is 0 Å². The Kier molecular flexibility index (Phi) is 11.6. The third kappa shape index (κ3) is 9.40. The zero-order chi connectivity index (χ0) is 33.9. The van der Waals surface area contributed by atoms with Gasteiger partial charge in [-0.25, -0.2) is 0 Å². The molecule has 1 aromatic carbocycles. The predicted molar refractivity (Wildman–Crippen MR) is 221 cm³/mol. The third-order valence-electron chi connectivity index (χ3n) is 9.48. The van der Waals surface area contributed by atoms with Gasteiger partial charge < -0.3 is 0 Å². The fraction of sp³-hybridized carbons (Fsp3) is 0.722. The van der Waals surface area contributed by atoms with Crippen LogP contribution in [0.5, 0.6) is 0 Å². The van der Waals surface area contributed by atoms with Crippen LogP contribution in [0, 0.1) is 5.41 Å². The average Bonchev–Trinajstić information content (AvgIpc) is 2.66. The zero-order valence-electron chi connectivity index (χ0n) is 32.8. The molecule has 0 spiro atoms. The molecule has 0 unspecified atom stereocenters. The third-order valence-corrected chi connectivity index (χ3v) is 40.6. The lowest BCUT2D eigenvalue weighted by molar-refractivity contribution is 0.526. The van der Waals surface area contributed by atoms with Gasteiger partial charge in [-0.15, -0.1) is 0 Å². The molecule has 0 saturated carbocycles. The second-order valence-electron chi connectivity index (χ2n) is 21.5. The molecule has 43 heavy (non-hydrogen) atoms. The van der Waals surface area contributed by atoms with Gasteiger partial charge in [0, 0.05) is 48.4 Å². The van der Waals surface area contributed by atoms with Crippen molar-refractivity contribution in [2.75, 3.05) is 0 Å². The lowest BCUT2D eigenvalue weighted by Gasteiger charge is -2.47. The molecule has 0 N–H and O–H groups in total. The van der Waals surface area contributed by atoms with E-state index in [1.807, 2.05) is 16.3 Å². The second-order valence-corrected chi connectivity index (χ2v) is 57.3. The van der Waals surface area contributed by atoms with E-state index in [1.165, 1.54) is 0 Å². The highest BCUT2D eigenvalue weighted by molar-refractivity contribution is 6.99. The van der Waals surface area contributed by atoms with Gasteiger partial charge in [-0.05, 0) is 49.2 Å². The normalized spacial score (nSPS) is 17.0. The molecule has 2 rings (SSSR count). The maximum atomic E-state index is 2.91. The van der Waals surface area contributed by atoms with Gasteiger partial charge in [0.2, 0.25) is 0 Å². The molecule has 0 fully saturated rings. The van der Waals surface area contributed by atoms with Crippen molar-refractivity contribution in [3.63, 3.8) is 0 Å². The molecular formula is C36H73Si7. The quantitative estimate of drug-likeness (QED) is 0.213. The SMILES string of the molecule is CC(C)(C)C1=CCC=C[Si]1c1c(C([Si](C)(C)C)[Si](C)(C)C)cc(C([Si](C)(C)C)[Si](C)(C)C)cc1C([Si](C)(C)C)[Si](C)(C)C. The largest absolute Gasteiger partial charge is 0.143 e. The van der Waals surface area contributed by atoms with Gasteiger partial charge in [0.1, 0.15) is 8.80 Å². The van der Waals surface area contributed by atoms with Crippen LogP contribution < -0.4 is 5.19 Å². The summed E-state index contributed by atoms with van der Waals surface area (Å²) in [6.07, 6.45) is 6.29. The van der Waals surface area contributed by atoms with Gasteiger partial charge in [-0.2, -0.15) is 0 Å². The van der Waals surface area contributed by atoms with Crippen LogP contribution in [0.4, 0.5) is 0 Å². The molecule has 1 aliphatic heterocycles. The number of allylic oxidation sites excluding steroid dienone is 3. The fourth-order valence-electron chi connectivity index (χ4n) is 9.91. The summed E-state index contributed by atoms with van der Waals surface area (Å²) in [6.45, 7) is 55.9. The van der Waals surface area contributed by atoms with Crippen molar-refractivity contribution in [3.8, 4) is 0 Å². The highest BCUT2D eigenvalue weighted by Crippen LogP contribution is 2.45. The van der Waals surface area contributed by atoms with Crippen LogP contribution in [0.15, 0.2) is 35.2 Å². The molecule has 1 aliphatic rings. The standard InChI is InChI=1S/C36H73Si7/c1-36(2,3)31-24-22-23-25-37(31)32-29(34(40(10,11)12)41(13,14)15)26-28(33(38(4,5)6)39(7,8)9)27-30(32)35(42(16,17)18)43(19,20)21/h23-27,33-35H,22H2,1-21H3. The van der Waals surface area contributed by atoms with Crippen molar-refractivity contribution in [1.82, 2.24) is 0 Å². The fourth-order valence-corrected chi connectivity index (χ4v) is 51.8. The van der Waals surface area contributed by atoms with Crippen LogP contribution in [0.1, 0.15) is 59.4 Å². The minimum Gasteiger partial charge on any atom is -0.0912 e. The minimum absolute atomic E-state index is 0.201. The Labute approximate surface area is 278 Å². The van der Waals surface area contributed by atoms with Crippen molar-refractivity contribution in [2.45, 2.75) is 161 Å². The summed E-state index contributed by atoms with van der Waals surface area (Å²) in [4.78, 5) is 0. The summed E-state index contributed by atoms with van der Waals surface area (Å²) >= 11 is 0. The van der Waals surface area contributed by atoms with Crippen LogP contribution in [-0.2, 0) is 0 Å². The van der Waals surface area contributed by atoms with Gasteiger partial charge in [0.05, 0.1) is 0 Å². The number of hydrogen-bond acceptors (Lipinski definition) is 0. The lowest BCUT2D eigenvalue weighted by atomic mass is 9.95. The van der Waals surface area contributed by atoms with Gasteiger partial charge in [0.25, 0.3) is 0 Å². The maximum absolute atomic E-state index is 2.91. The van der Waals surface area contributed by atoms with Crippen molar-refractivity contribution < 1.29 is 0 Å². The molecule has 0 bridgehead atoms. The highest BCUT2D eigenvalue weighted by Gasteiger charge is 2.48. The molecule has 1 radical (unpaired) electrons. The minimum atomic E-state index is -1.54. The molecule has 0 atom stereocenters. The highest BCUT2D eigenvalue weighted by atomic mass is 28.4. The Morgan fingerprint density at radius 3 is 1.14 bits per heavy atom. The van der Waals surface area contributed by atoms with E-state index < -0.39 is 57.2 Å². The van der Waals surface area contributed by atoms with E-state index in [1.54, 1.807) is 10.8 Å². The molecule has 1 aromatic rings. The summed E-state index contributed by atoms with van der Waals surface area (Å²) in [5.41, 5.74) is 8.42. The van der Waals surface area contributed by atoms with E-state index >= 15 is 0 Å². The van der Waals surface area contributed by atoms with Crippen LogP contribution >= 0.6 is 0 Å². The second kappa shape index (κ2) is 12.7. The van der Waals surface area contributed by atoms with E-state index in [-0.39, 0.29) is 5.41 Å². The summed E-state index contributed by atoms with van der Waals surface area (Å²) in [7, 11) is -10.2. The van der Waals surface area contributed by atoms with Gasteiger partial charge in [-0.3, -0.25) is 0 Å². The summed E-state index contributed by atoms with van der Waals surface area (Å²) in [5, 5.41) is 5.93. The van der Waals surface area contributed by atoms with Crippen LogP contribution in [0.25, 0.3) is 0 Å². The molecule has 0 nitrogen and oxygen atoms in total. The van der Waals surface area contributed by atoms with Crippen LogP contribution in [0.2, 0.25) is 118 Å². The average molecular weight is 703 g/mol.